The van der Waals surface area contributed by atoms with Gasteiger partial charge in [-0.1, -0.05) is 12.1 Å². The Morgan fingerprint density at radius 3 is 3.00 bits per heavy atom. The molecule has 67 valence electrons. The summed E-state index contributed by atoms with van der Waals surface area (Å²) in [5.41, 5.74) is 1.76. The number of benzene rings is 1. The summed E-state index contributed by atoms with van der Waals surface area (Å²) < 4.78 is 0. The van der Waals surface area contributed by atoms with E-state index in [0.717, 1.165) is 24.0 Å². The molecular weight excluding hydrogens is 162 g/mol. The molecule has 13 heavy (non-hydrogen) atoms. The number of hydrogen-bond acceptors (Lipinski definition) is 1. The molecule has 0 bridgehead atoms. The first-order valence-corrected chi connectivity index (χ1v) is 4.55. The fraction of sp³-hybridized carbons (Fsp3) is 0.364. The van der Waals surface area contributed by atoms with Crippen LogP contribution in [0.5, 0.6) is 0 Å². The van der Waals surface area contributed by atoms with Crippen molar-refractivity contribution in [2.75, 3.05) is 0 Å². The minimum Gasteiger partial charge on any atom is -0.349 e. The molecule has 1 aliphatic carbocycles. The highest BCUT2D eigenvalue weighted by Gasteiger charge is 2.24. The van der Waals surface area contributed by atoms with E-state index in [-0.39, 0.29) is 5.91 Å². The van der Waals surface area contributed by atoms with Gasteiger partial charge in [0.05, 0.1) is 0 Å². The summed E-state index contributed by atoms with van der Waals surface area (Å²) in [6.45, 7) is 1.93. The van der Waals surface area contributed by atoms with Crippen LogP contribution < -0.4 is 5.32 Å². The van der Waals surface area contributed by atoms with E-state index in [1.54, 1.807) is 6.07 Å². The van der Waals surface area contributed by atoms with Crippen LogP contribution in [0.25, 0.3) is 0 Å². The molecule has 0 aromatic heterocycles. The van der Waals surface area contributed by atoms with Crippen molar-refractivity contribution in [2.24, 2.45) is 0 Å². The molecule has 0 aliphatic heterocycles. The smallest absolute Gasteiger partial charge is 0.251 e. The van der Waals surface area contributed by atoms with Gasteiger partial charge in [0.1, 0.15) is 0 Å². The summed E-state index contributed by atoms with van der Waals surface area (Å²) in [7, 11) is 0. The van der Waals surface area contributed by atoms with Crippen molar-refractivity contribution in [3.8, 4) is 0 Å². The molecule has 1 amide bonds. The monoisotopic (exact) mass is 174 g/mol. The van der Waals surface area contributed by atoms with Crippen LogP contribution in [0, 0.1) is 13.0 Å². The van der Waals surface area contributed by atoms with E-state index < -0.39 is 0 Å². The number of aryl methyl sites for hydroxylation is 1. The predicted molar refractivity (Wildman–Crippen MR) is 50.5 cm³/mol. The first-order valence-electron chi connectivity index (χ1n) is 4.55. The third-order valence-electron chi connectivity index (χ3n) is 2.23. The average molecular weight is 174 g/mol. The summed E-state index contributed by atoms with van der Waals surface area (Å²) in [6.07, 6.45) is 2.26. The van der Waals surface area contributed by atoms with E-state index in [1.807, 2.05) is 19.1 Å². The Morgan fingerprint density at radius 2 is 2.38 bits per heavy atom. The second kappa shape index (κ2) is 3.21. The molecule has 0 unspecified atom stereocenters. The summed E-state index contributed by atoms with van der Waals surface area (Å²) in [4.78, 5) is 11.6. The van der Waals surface area contributed by atoms with Crippen LogP contribution in [-0.2, 0) is 0 Å². The van der Waals surface area contributed by atoms with Crippen LogP contribution in [0.1, 0.15) is 28.8 Å². The predicted octanol–water partition coefficient (Wildman–Crippen LogP) is 1.69. The van der Waals surface area contributed by atoms with Crippen LogP contribution in [0.15, 0.2) is 18.2 Å². The summed E-state index contributed by atoms with van der Waals surface area (Å²) in [5, 5.41) is 2.96. The van der Waals surface area contributed by atoms with Crippen molar-refractivity contribution < 1.29 is 4.79 Å². The van der Waals surface area contributed by atoms with Crippen LogP contribution >= 0.6 is 0 Å². The summed E-state index contributed by atoms with van der Waals surface area (Å²) in [6, 6.07) is 8.79. The number of carbonyl (C=O) groups excluding carboxylic acids is 1. The fourth-order valence-electron chi connectivity index (χ4n) is 1.26. The largest absolute Gasteiger partial charge is 0.349 e. The molecule has 1 radical (unpaired) electrons. The Hall–Kier alpha value is -1.31. The zero-order chi connectivity index (χ0) is 9.26. The highest BCUT2D eigenvalue weighted by molar-refractivity contribution is 5.95. The average Bonchev–Trinajstić information content (AvgIpc) is 2.89. The van der Waals surface area contributed by atoms with Gasteiger partial charge in [-0.15, -0.1) is 0 Å². The van der Waals surface area contributed by atoms with Gasteiger partial charge in [-0.3, -0.25) is 4.79 Å². The van der Waals surface area contributed by atoms with Crippen molar-refractivity contribution in [2.45, 2.75) is 25.8 Å². The summed E-state index contributed by atoms with van der Waals surface area (Å²) in [5.74, 6) is 0.0500. The Morgan fingerprint density at radius 1 is 1.62 bits per heavy atom. The third-order valence-corrected chi connectivity index (χ3v) is 2.23. The second-order valence-corrected chi connectivity index (χ2v) is 3.49. The number of amides is 1. The number of carbonyl (C=O) groups is 1. The summed E-state index contributed by atoms with van der Waals surface area (Å²) >= 11 is 0. The van der Waals surface area contributed by atoms with Crippen molar-refractivity contribution in [1.29, 1.82) is 0 Å². The Bertz CT molecular complexity index is 329. The van der Waals surface area contributed by atoms with Gasteiger partial charge in [0.15, 0.2) is 0 Å². The van der Waals surface area contributed by atoms with Gasteiger partial charge in [0, 0.05) is 11.6 Å². The molecule has 1 aromatic carbocycles. The van der Waals surface area contributed by atoms with Crippen LogP contribution in [0.3, 0.4) is 0 Å². The van der Waals surface area contributed by atoms with Gasteiger partial charge < -0.3 is 5.32 Å². The lowest BCUT2D eigenvalue weighted by Crippen LogP contribution is -2.25. The first kappa shape index (κ1) is 8.30. The second-order valence-electron chi connectivity index (χ2n) is 3.49. The minimum atomic E-state index is 0.0500. The van der Waals surface area contributed by atoms with E-state index in [4.69, 9.17) is 0 Å². The highest BCUT2D eigenvalue weighted by atomic mass is 16.1. The lowest BCUT2D eigenvalue weighted by Gasteiger charge is -2.05. The van der Waals surface area contributed by atoms with E-state index >= 15 is 0 Å². The lowest BCUT2D eigenvalue weighted by atomic mass is 10.1. The fourth-order valence-corrected chi connectivity index (χ4v) is 1.26. The van der Waals surface area contributed by atoms with E-state index in [2.05, 4.69) is 11.4 Å². The molecule has 0 spiro atoms. The van der Waals surface area contributed by atoms with Gasteiger partial charge in [-0.25, -0.2) is 0 Å². The molecule has 0 saturated heterocycles. The molecular formula is C11H12NO. The van der Waals surface area contributed by atoms with Gasteiger partial charge in [-0.2, -0.15) is 0 Å². The van der Waals surface area contributed by atoms with Crippen LogP contribution in [0.2, 0.25) is 0 Å². The standard InChI is InChI=1S/C11H12NO/c1-8-4-2-3-5-10(8)11(13)12-9-6-7-9/h3-5,9H,6-7H2,1H3,(H,12,13). The van der Waals surface area contributed by atoms with Gasteiger partial charge >= 0.3 is 0 Å². The molecule has 0 heterocycles. The minimum absolute atomic E-state index is 0.0500. The van der Waals surface area contributed by atoms with Crippen molar-refractivity contribution in [1.82, 2.24) is 5.32 Å². The normalized spacial score (nSPS) is 15.5. The van der Waals surface area contributed by atoms with Gasteiger partial charge in [0.2, 0.25) is 0 Å². The molecule has 1 aliphatic rings. The van der Waals surface area contributed by atoms with E-state index in [1.165, 1.54) is 0 Å². The van der Waals surface area contributed by atoms with Crippen LogP contribution in [-0.4, -0.2) is 11.9 Å². The lowest BCUT2D eigenvalue weighted by molar-refractivity contribution is 0.0950. The van der Waals surface area contributed by atoms with Gasteiger partial charge in [-0.05, 0) is 37.5 Å². The van der Waals surface area contributed by atoms with Crippen molar-refractivity contribution >= 4 is 5.91 Å². The molecule has 2 heteroatoms. The molecule has 1 saturated carbocycles. The van der Waals surface area contributed by atoms with E-state index in [0.29, 0.717) is 6.04 Å². The topological polar surface area (TPSA) is 29.1 Å². The number of hydrogen-bond donors (Lipinski definition) is 1. The highest BCUT2D eigenvalue weighted by Crippen LogP contribution is 2.19. The Labute approximate surface area is 78.0 Å². The Kier molecular flexibility index (Phi) is 2.05. The quantitative estimate of drug-likeness (QED) is 0.726. The molecule has 2 rings (SSSR count). The third kappa shape index (κ3) is 1.89. The zero-order valence-electron chi connectivity index (χ0n) is 7.63. The van der Waals surface area contributed by atoms with Crippen LogP contribution in [0.4, 0.5) is 0 Å². The van der Waals surface area contributed by atoms with Crippen molar-refractivity contribution in [3.05, 3.63) is 35.4 Å². The number of nitrogens with one attached hydrogen (secondary N) is 1. The molecule has 0 atom stereocenters. The maximum atomic E-state index is 11.6. The molecule has 2 nitrogen and oxygen atoms in total. The number of rotatable bonds is 2. The van der Waals surface area contributed by atoms with Crippen molar-refractivity contribution in [3.63, 3.8) is 0 Å². The maximum Gasteiger partial charge on any atom is 0.251 e. The Balaban J connectivity index is 2.13. The molecule has 1 aromatic rings. The zero-order valence-corrected chi connectivity index (χ0v) is 7.63. The molecule has 1 fully saturated rings. The van der Waals surface area contributed by atoms with Gasteiger partial charge in [0.25, 0.3) is 5.91 Å². The first-order chi connectivity index (χ1) is 6.27. The van der Waals surface area contributed by atoms with E-state index in [9.17, 15) is 4.79 Å². The maximum absolute atomic E-state index is 11.6. The molecule has 1 N–H and O–H groups in total. The SMILES string of the molecule is Cc1c[c]ccc1C(=O)NC1CC1.